The van der Waals surface area contributed by atoms with E-state index in [4.69, 9.17) is 5.73 Å². The molecule has 2 aromatic rings. The highest BCUT2D eigenvalue weighted by molar-refractivity contribution is 9.10. The molecule has 0 bridgehead atoms. The molecule has 0 aliphatic rings. The molecule has 0 saturated carbocycles. The lowest BCUT2D eigenvalue weighted by Gasteiger charge is -2.14. The Bertz CT molecular complexity index is 547. The predicted octanol–water partition coefficient (Wildman–Crippen LogP) is 3.98. The van der Waals surface area contributed by atoms with Gasteiger partial charge in [0.05, 0.1) is 5.69 Å². The Morgan fingerprint density at radius 3 is 2.52 bits per heavy atom. The molecule has 0 fully saturated rings. The molecule has 1 heterocycles. The van der Waals surface area contributed by atoms with Crippen LogP contribution in [0.4, 0.5) is 0 Å². The topological polar surface area (TPSA) is 43.8 Å². The highest BCUT2D eigenvalue weighted by Gasteiger charge is 2.12. The summed E-state index contributed by atoms with van der Waals surface area (Å²) in [6.45, 7) is 5.06. The first-order valence-corrected chi connectivity index (χ1v) is 8.40. The minimum absolute atomic E-state index is 0.437. The summed E-state index contributed by atoms with van der Waals surface area (Å²) in [5, 5.41) is 4.68. The summed E-state index contributed by atoms with van der Waals surface area (Å²) in [6.07, 6.45) is 5.12. The first-order chi connectivity index (χ1) is 10.1. The van der Waals surface area contributed by atoms with Gasteiger partial charge in [-0.25, -0.2) is 0 Å². The summed E-state index contributed by atoms with van der Waals surface area (Å²) in [4.78, 5) is 0. The van der Waals surface area contributed by atoms with Crippen LogP contribution in [0, 0.1) is 5.92 Å². The molecular weight excluding hydrogens is 326 g/mol. The van der Waals surface area contributed by atoms with Gasteiger partial charge in [-0.1, -0.05) is 35.0 Å². The molecule has 1 aromatic heterocycles. The number of hydrogen-bond acceptors (Lipinski definition) is 2. The number of aromatic nitrogens is 2. The van der Waals surface area contributed by atoms with E-state index in [1.54, 1.807) is 0 Å². The van der Waals surface area contributed by atoms with Gasteiger partial charge in [-0.15, -0.1) is 0 Å². The van der Waals surface area contributed by atoms with Crippen LogP contribution in [0.5, 0.6) is 0 Å². The third kappa shape index (κ3) is 4.68. The molecular formula is C17H24BrN3. The van der Waals surface area contributed by atoms with Crippen molar-refractivity contribution in [1.29, 1.82) is 0 Å². The third-order valence-corrected chi connectivity index (χ3v) is 4.50. The molecule has 2 unspecified atom stereocenters. The highest BCUT2D eigenvalue weighted by atomic mass is 79.9. The zero-order valence-electron chi connectivity index (χ0n) is 12.8. The zero-order chi connectivity index (χ0) is 15.2. The molecule has 0 radical (unpaired) electrons. The van der Waals surface area contributed by atoms with Gasteiger partial charge < -0.3 is 5.73 Å². The van der Waals surface area contributed by atoms with Crippen molar-refractivity contribution in [2.24, 2.45) is 11.7 Å². The molecule has 2 N–H and O–H groups in total. The molecule has 0 saturated heterocycles. The lowest BCUT2D eigenvalue weighted by Crippen LogP contribution is -2.20. The van der Waals surface area contributed by atoms with Gasteiger partial charge in [-0.05, 0) is 62.4 Å². The minimum atomic E-state index is 0.437. The van der Waals surface area contributed by atoms with Crippen molar-refractivity contribution in [3.05, 3.63) is 52.3 Å². The largest absolute Gasteiger partial charge is 0.330 e. The van der Waals surface area contributed by atoms with Crippen molar-refractivity contribution in [3.8, 4) is 0 Å². The van der Waals surface area contributed by atoms with Crippen LogP contribution in [0.2, 0.25) is 0 Å². The summed E-state index contributed by atoms with van der Waals surface area (Å²) in [5.41, 5.74) is 8.42. The number of hydrogen-bond donors (Lipinski definition) is 1. The second-order valence-corrected chi connectivity index (χ2v) is 6.60. The van der Waals surface area contributed by atoms with Gasteiger partial charge in [0.25, 0.3) is 0 Å². The van der Waals surface area contributed by atoms with Crippen molar-refractivity contribution < 1.29 is 0 Å². The fourth-order valence-corrected chi connectivity index (χ4v) is 2.67. The second kappa shape index (κ2) is 7.76. The summed E-state index contributed by atoms with van der Waals surface area (Å²) < 4.78 is 3.17. The van der Waals surface area contributed by atoms with E-state index in [2.05, 4.69) is 76.1 Å². The van der Waals surface area contributed by atoms with E-state index in [0.717, 1.165) is 29.4 Å². The lowest BCUT2D eigenvalue weighted by atomic mass is 9.95. The van der Waals surface area contributed by atoms with Gasteiger partial charge in [0.15, 0.2) is 0 Å². The average Bonchev–Trinajstić information content (AvgIpc) is 2.96. The second-order valence-electron chi connectivity index (χ2n) is 5.68. The van der Waals surface area contributed by atoms with E-state index < -0.39 is 0 Å². The molecule has 4 heteroatoms. The molecule has 1 aromatic carbocycles. The van der Waals surface area contributed by atoms with E-state index in [9.17, 15) is 0 Å². The maximum atomic E-state index is 5.95. The van der Waals surface area contributed by atoms with Gasteiger partial charge in [-0.2, -0.15) is 5.10 Å². The lowest BCUT2D eigenvalue weighted by molar-refractivity contribution is 0.463. The van der Waals surface area contributed by atoms with Crippen LogP contribution in [0.1, 0.15) is 37.6 Å². The number of nitrogens with zero attached hydrogens (tertiary/aromatic N) is 2. The van der Waals surface area contributed by atoms with Crippen molar-refractivity contribution in [3.63, 3.8) is 0 Å². The Balaban J connectivity index is 1.98. The van der Waals surface area contributed by atoms with E-state index in [1.165, 1.54) is 5.56 Å². The quantitative estimate of drug-likeness (QED) is 0.821. The van der Waals surface area contributed by atoms with Crippen molar-refractivity contribution >= 4 is 15.9 Å². The van der Waals surface area contributed by atoms with Crippen LogP contribution in [-0.4, -0.2) is 16.3 Å². The number of benzene rings is 1. The van der Waals surface area contributed by atoms with Crippen molar-refractivity contribution in [2.75, 3.05) is 6.54 Å². The van der Waals surface area contributed by atoms with E-state index >= 15 is 0 Å². The first kappa shape index (κ1) is 16.2. The molecule has 0 aliphatic heterocycles. The predicted molar refractivity (Wildman–Crippen MR) is 91.3 cm³/mol. The van der Waals surface area contributed by atoms with E-state index in [1.807, 2.05) is 0 Å². The smallest absolute Gasteiger partial charge is 0.0628 e. The fourth-order valence-electron chi connectivity index (χ4n) is 2.41. The van der Waals surface area contributed by atoms with Crippen LogP contribution in [0.3, 0.4) is 0 Å². The number of rotatable bonds is 7. The Labute approximate surface area is 135 Å². The van der Waals surface area contributed by atoms with Gasteiger partial charge in [-0.3, -0.25) is 4.68 Å². The summed E-state index contributed by atoms with van der Waals surface area (Å²) >= 11 is 3.47. The molecule has 0 amide bonds. The standard InChI is InChI=1S/C17H24BrN3/c1-3-13(2)21-9-8-17(20-21)11-15(12-19)10-14-4-6-16(18)7-5-14/h4-9,13,15H,3,10-12,19H2,1-2H3. The monoisotopic (exact) mass is 349 g/mol. The van der Waals surface area contributed by atoms with Crippen LogP contribution >= 0.6 is 15.9 Å². The Morgan fingerprint density at radius 1 is 1.19 bits per heavy atom. The fraction of sp³-hybridized carbons (Fsp3) is 0.471. The summed E-state index contributed by atoms with van der Waals surface area (Å²) in [5.74, 6) is 0.437. The van der Waals surface area contributed by atoms with Gasteiger partial charge in [0, 0.05) is 16.7 Å². The SMILES string of the molecule is CCC(C)n1ccc(CC(CN)Cc2ccc(Br)cc2)n1. The molecule has 2 atom stereocenters. The normalized spacial score (nSPS) is 14.1. The maximum absolute atomic E-state index is 5.95. The van der Waals surface area contributed by atoms with Crippen molar-refractivity contribution in [2.45, 2.75) is 39.2 Å². The number of nitrogens with two attached hydrogens (primary N) is 1. The molecule has 21 heavy (non-hydrogen) atoms. The average molecular weight is 350 g/mol. The van der Waals surface area contributed by atoms with Crippen molar-refractivity contribution in [1.82, 2.24) is 9.78 Å². The Hall–Kier alpha value is -1.13. The Morgan fingerprint density at radius 2 is 1.90 bits per heavy atom. The third-order valence-electron chi connectivity index (χ3n) is 3.97. The number of halogens is 1. The highest BCUT2D eigenvalue weighted by Crippen LogP contribution is 2.17. The maximum Gasteiger partial charge on any atom is 0.0628 e. The van der Waals surface area contributed by atoms with Crippen LogP contribution in [-0.2, 0) is 12.8 Å². The minimum Gasteiger partial charge on any atom is -0.330 e. The van der Waals surface area contributed by atoms with E-state index in [-0.39, 0.29) is 0 Å². The molecule has 0 aliphatic carbocycles. The first-order valence-electron chi connectivity index (χ1n) is 7.61. The summed E-state index contributed by atoms with van der Waals surface area (Å²) in [7, 11) is 0. The van der Waals surface area contributed by atoms with Gasteiger partial charge in [0.1, 0.15) is 0 Å². The zero-order valence-corrected chi connectivity index (χ0v) is 14.4. The van der Waals surface area contributed by atoms with Crippen LogP contribution in [0.25, 0.3) is 0 Å². The Kier molecular flexibility index (Phi) is 6.00. The molecule has 2 rings (SSSR count). The van der Waals surface area contributed by atoms with Crippen LogP contribution < -0.4 is 5.73 Å². The van der Waals surface area contributed by atoms with Crippen LogP contribution in [0.15, 0.2) is 41.0 Å². The van der Waals surface area contributed by atoms with Gasteiger partial charge in [0.2, 0.25) is 0 Å². The summed E-state index contributed by atoms with van der Waals surface area (Å²) in [6, 6.07) is 11.1. The molecule has 0 spiro atoms. The molecule has 3 nitrogen and oxygen atoms in total. The van der Waals surface area contributed by atoms with E-state index in [0.29, 0.717) is 18.5 Å². The van der Waals surface area contributed by atoms with Gasteiger partial charge >= 0.3 is 0 Å². The molecule has 114 valence electrons.